The molecule has 19 heavy (non-hydrogen) atoms. The third-order valence-corrected chi connectivity index (χ3v) is 5.15. The molecule has 2 rings (SSSR count). The summed E-state index contributed by atoms with van der Waals surface area (Å²) in [4.78, 5) is 0. The highest BCUT2D eigenvalue weighted by Gasteiger charge is 2.43. The number of aryl methyl sites for hydroxylation is 1. The molecule has 0 bridgehead atoms. The van der Waals surface area contributed by atoms with Gasteiger partial charge in [-0.3, -0.25) is 4.68 Å². The zero-order valence-corrected chi connectivity index (χ0v) is 12.6. The standard InChI is InChI=1S/C15H27N3O/c1-11-12(9-17-18(11)4)13(19)15(10-16)7-5-14(2,3)6-8-15/h9,13,19H,5-8,10,16H2,1-4H3. The van der Waals surface area contributed by atoms with Gasteiger partial charge in [0.25, 0.3) is 0 Å². The maximum Gasteiger partial charge on any atom is 0.0891 e. The van der Waals surface area contributed by atoms with Gasteiger partial charge in [-0.1, -0.05) is 13.8 Å². The highest BCUT2D eigenvalue weighted by Crippen LogP contribution is 2.50. The average Bonchev–Trinajstić information content (AvgIpc) is 2.70. The molecule has 0 spiro atoms. The summed E-state index contributed by atoms with van der Waals surface area (Å²) in [5.74, 6) is 0. The van der Waals surface area contributed by atoms with Crippen molar-refractivity contribution in [3.8, 4) is 0 Å². The highest BCUT2D eigenvalue weighted by molar-refractivity contribution is 5.22. The number of nitrogens with zero attached hydrogens (tertiary/aromatic N) is 2. The van der Waals surface area contributed by atoms with E-state index >= 15 is 0 Å². The predicted octanol–water partition coefficient (Wildman–Crippen LogP) is 2.31. The van der Waals surface area contributed by atoms with Crippen molar-refractivity contribution in [2.45, 2.75) is 52.6 Å². The molecular formula is C15H27N3O. The molecule has 0 aromatic carbocycles. The quantitative estimate of drug-likeness (QED) is 0.881. The molecule has 1 unspecified atom stereocenters. The fraction of sp³-hybridized carbons (Fsp3) is 0.800. The van der Waals surface area contributed by atoms with Crippen LogP contribution >= 0.6 is 0 Å². The van der Waals surface area contributed by atoms with E-state index in [4.69, 9.17) is 5.73 Å². The summed E-state index contributed by atoms with van der Waals surface area (Å²) in [6.07, 6.45) is 5.53. The third-order valence-electron chi connectivity index (χ3n) is 5.15. The molecule has 1 aliphatic rings. The fourth-order valence-electron chi connectivity index (χ4n) is 3.13. The molecule has 3 N–H and O–H groups in total. The first-order valence-corrected chi connectivity index (χ1v) is 7.18. The van der Waals surface area contributed by atoms with Gasteiger partial charge in [-0.05, 0) is 38.0 Å². The first-order chi connectivity index (χ1) is 8.81. The maximum atomic E-state index is 10.8. The molecule has 108 valence electrons. The van der Waals surface area contributed by atoms with Gasteiger partial charge in [0.2, 0.25) is 0 Å². The molecule has 1 aromatic rings. The summed E-state index contributed by atoms with van der Waals surface area (Å²) in [6.45, 7) is 7.14. The Labute approximate surface area is 116 Å². The minimum absolute atomic E-state index is 0.177. The predicted molar refractivity (Wildman–Crippen MR) is 76.6 cm³/mol. The molecule has 1 atom stereocenters. The van der Waals surface area contributed by atoms with E-state index in [-0.39, 0.29) is 5.41 Å². The highest BCUT2D eigenvalue weighted by atomic mass is 16.3. The third kappa shape index (κ3) is 2.56. The van der Waals surface area contributed by atoms with Crippen molar-refractivity contribution >= 4 is 0 Å². The summed E-state index contributed by atoms with van der Waals surface area (Å²) < 4.78 is 1.82. The molecular weight excluding hydrogens is 238 g/mol. The lowest BCUT2D eigenvalue weighted by atomic mass is 9.62. The van der Waals surface area contributed by atoms with E-state index in [1.807, 2.05) is 18.7 Å². The zero-order chi connectivity index (χ0) is 14.3. The van der Waals surface area contributed by atoms with Gasteiger partial charge in [-0.25, -0.2) is 0 Å². The summed E-state index contributed by atoms with van der Waals surface area (Å²) >= 11 is 0. The Kier molecular flexibility index (Phi) is 3.76. The van der Waals surface area contributed by atoms with Crippen LogP contribution in [0.15, 0.2) is 6.20 Å². The van der Waals surface area contributed by atoms with Crippen molar-refractivity contribution in [3.05, 3.63) is 17.5 Å². The molecule has 0 amide bonds. The van der Waals surface area contributed by atoms with Gasteiger partial charge in [-0.2, -0.15) is 5.10 Å². The van der Waals surface area contributed by atoms with Crippen LogP contribution in [0, 0.1) is 17.8 Å². The normalized spacial score (nSPS) is 23.3. The second-order valence-electron chi connectivity index (χ2n) is 6.94. The van der Waals surface area contributed by atoms with Crippen LogP contribution in [-0.4, -0.2) is 21.4 Å². The van der Waals surface area contributed by atoms with Gasteiger partial charge < -0.3 is 10.8 Å². The van der Waals surface area contributed by atoms with Crippen molar-refractivity contribution < 1.29 is 5.11 Å². The van der Waals surface area contributed by atoms with E-state index in [0.717, 1.165) is 36.9 Å². The molecule has 0 radical (unpaired) electrons. The molecule has 4 nitrogen and oxygen atoms in total. The number of hydrogen-bond donors (Lipinski definition) is 2. The van der Waals surface area contributed by atoms with Crippen LogP contribution in [0.4, 0.5) is 0 Å². The van der Waals surface area contributed by atoms with Crippen molar-refractivity contribution in [3.63, 3.8) is 0 Å². The van der Waals surface area contributed by atoms with Crippen LogP contribution in [0.3, 0.4) is 0 Å². The minimum Gasteiger partial charge on any atom is -0.388 e. The van der Waals surface area contributed by atoms with Crippen molar-refractivity contribution in [1.82, 2.24) is 9.78 Å². The Morgan fingerprint density at radius 2 is 1.95 bits per heavy atom. The largest absolute Gasteiger partial charge is 0.388 e. The Hall–Kier alpha value is -0.870. The molecule has 1 aliphatic carbocycles. The van der Waals surface area contributed by atoms with E-state index in [1.165, 1.54) is 0 Å². The Bertz CT molecular complexity index is 440. The molecule has 4 heteroatoms. The Morgan fingerprint density at radius 3 is 2.37 bits per heavy atom. The van der Waals surface area contributed by atoms with Crippen LogP contribution in [0.1, 0.15) is 56.9 Å². The minimum atomic E-state index is -0.498. The number of nitrogens with two attached hydrogens (primary N) is 1. The number of aliphatic hydroxyl groups excluding tert-OH is 1. The van der Waals surface area contributed by atoms with Gasteiger partial charge in [0.15, 0.2) is 0 Å². The number of aliphatic hydroxyl groups is 1. The summed E-state index contributed by atoms with van der Waals surface area (Å²) in [5, 5.41) is 15.1. The second kappa shape index (κ2) is 4.91. The Morgan fingerprint density at radius 1 is 1.37 bits per heavy atom. The van der Waals surface area contributed by atoms with Crippen molar-refractivity contribution in [2.24, 2.45) is 23.6 Å². The van der Waals surface area contributed by atoms with Crippen LogP contribution in [0.5, 0.6) is 0 Å². The number of hydrogen-bond acceptors (Lipinski definition) is 3. The lowest BCUT2D eigenvalue weighted by molar-refractivity contribution is -0.0239. The van der Waals surface area contributed by atoms with Gasteiger partial charge >= 0.3 is 0 Å². The molecule has 1 heterocycles. The first kappa shape index (κ1) is 14.5. The topological polar surface area (TPSA) is 64.1 Å². The van der Waals surface area contributed by atoms with Crippen molar-refractivity contribution in [1.29, 1.82) is 0 Å². The molecule has 0 saturated heterocycles. The van der Waals surface area contributed by atoms with Crippen LogP contribution < -0.4 is 5.73 Å². The number of aromatic nitrogens is 2. The van der Waals surface area contributed by atoms with Crippen molar-refractivity contribution in [2.75, 3.05) is 6.54 Å². The first-order valence-electron chi connectivity index (χ1n) is 7.18. The molecule has 0 aliphatic heterocycles. The SMILES string of the molecule is Cc1c(C(O)C2(CN)CCC(C)(C)CC2)cnn1C. The van der Waals surface area contributed by atoms with Gasteiger partial charge in [0.1, 0.15) is 0 Å². The van der Waals surface area contributed by atoms with E-state index in [9.17, 15) is 5.11 Å². The fourth-order valence-corrected chi connectivity index (χ4v) is 3.13. The molecule has 1 aromatic heterocycles. The van der Waals surface area contributed by atoms with E-state index in [2.05, 4.69) is 18.9 Å². The lowest BCUT2D eigenvalue weighted by Gasteiger charge is -2.45. The van der Waals surface area contributed by atoms with Crippen LogP contribution in [0.25, 0.3) is 0 Å². The number of rotatable bonds is 3. The summed E-state index contributed by atoms with van der Waals surface area (Å²) in [7, 11) is 1.91. The zero-order valence-electron chi connectivity index (χ0n) is 12.6. The maximum absolute atomic E-state index is 10.8. The Balaban J connectivity index is 2.25. The van der Waals surface area contributed by atoms with E-state index in [1.54, 1.807) is 6.20 Å². The average molecular weight is 265 g/mol. The molecule has 1 saturated carbocycles. The van der Waals surface area contributed by atoms with Gasteiger partial charge in [-0.15, -0.1) is 0 Å². The van der Waals surface area contributed by atoms with E-state index < -0.39 is 6.10 Å². The van der Waals surface area contributed by atoms with Gasteiger partial charge in [0, 0.05) is 30.3 Å². The second-order valence-corrected chi connectivity index (χ2v) is 6.94. The van der Waals surface area contributed by atoms with Gasteiger partial charge in [0.05, 0.1) is 12.3 Å². The van der Waals surface area contributed by atoms with E-state index in [0.29, 0.717) is 12.0 Å². The molecule has 1 fully saturated rings. The smallest absolute Gasteiger partial charge is 0.0891 e. The summed E-state index contributed by atoms with van der Waals surface area (Å²) in [5.41, 5.74) is 8.21. The van der Waals surface area contributed by atoms with Crippen LogP contribution in [0.2, 0.25) is 0 Å². The summed E-state index contributed by atoms with van der Waals surface area (Å²) in [6, 6.07) is 0. The lowest BCUT2D eigenvalue weighted by Crippen LogP contribution is -2.42. The monoisotopic (exact) mass is 265 g/mol. The van der Waals surface area contributed by atoms with Crippen LogP contribution in [-0.2, 0) is 7.05 Å².